The molecule has 2 aromatic rings. The molecule has 0 unspecified atom stereocenters. The van der Waals surface area contributed by atoms with Gasteiger partial charge in [-0.1, -0.05) is 26.0 Å². The molecule has 2 heterocycles. The maximum Gasteiger partial charge on any atom is 0.216 e. The third kappa shape index (κ3) is 2.23. The van der Waals surface area contributed by atoms with E-state index in [9.17, 15) is 0 Å². The lowest BCUT2D eigenvalue weighted by atomic mass is 9.94. The lowest BCUT2D eigenvalue weighted by molar-refractivity contribution is 0.371. The van der Waals surface area contributed by atoms with E-state index in [0.29, 0.717) is 12.4 Å². The molecule has 80 valence electrons. The molecule has 2 aromatic heterocycles. The highest BCUT2D eigenvalue weighted by Crippen LogP contribution is 2.22. The van der Waals surface area contributed by atoms with Crippen LogP contribution in [-0.2, 0) is 12.0 Å². The van der Waals surface area contributed by atoms with Crippen LogP contribution in [0.15, 0.2) is 23.0 Å². The zero-order valence-electron chi connectivity index (χ0n) is 9.14. The van der Waals surface area contributed by atoms with Gasteiger partial charge in [-0.2, -0.15) is 0 Å². The molecule has 0 bridgehead atoms. The van der Waals surface area contributed by atoms with E-state index in [4.69, 9.17) is 4.42 Å². The van der Waals surface area contributed by atoms with Gasteiger partial charge >= 0.3 is 0 Å². The van der Waals surface area contributed by atoms with E-state index in [1.54, 1.807) is 23.3 Å². The number of rotatable bonds is 2. The molecule has 0 aliphatic carbocycles. The Balaban J connectivity index is 2.15. The van der Waals surface area contributed by atoms with Crippen LogP contribution in [0.25, 0.3) is 0 Å². The average Bonchev–Trinajstić information content (AvgIpc) is 2.73. The van der Waals surface area contributed by atoms with Crippen molar-refractivity contribution in [1.29, 1.82) is 0 Å². The molecule has 0 spiro atoms. The Kier molecular flexibility index (Phi) is 2.30. The van der Waals surface area contributed by atoms with Crippen LogP contribution in [0.1, 0.15) is 32.4 Å². The Labute approximate surface area is 88.1 Å². The monoisotopic (exact) mass is 206 g/mol. The largest absolute Gasteiger partial charge is 0.443 e. The lowest BCUT2D eigenvalue weighted by Crippen LogP contribution is -2.09. The molecule has 15 heavy (non-hydrogen) atoms. The standard InChI is InChI=1S/C10H14N4O/c1-10(2,3)8-6-11-9(15-8)7-14-5-4-12-13-14/h4-6H,7H2,1-3H3. The molecule has 0 N–H and O–H groups in total. The van der Waals surface area contributed by atoms with Crippen LogP contribution in [0.4, 0.5) is 0 Å². The first-order chi connectivity index (χ1) is 7.05. The fraction of sp³-hybridized carbons (Fsp3) is 0.500. The smallest absolute Gasteiger partial charge is 0.216 e. The summed E-state index contributed by atoms with van der Waals surface area (Å²) in [6, 6.07) is 0. The van der Waals surface area contributed by atoms with Crippen molar-refractivity contribution in [2.45, 2.75) is 32.7 Å². The second kappa shape index (κ2) is 3.49. The normalized spacial score (nSPS) is 11.9. The number of oxazole rings is 1. The summed E-state index contributed by atoms with van der Waals surface area (Å²) in [4.78, 5) is 4.20. The van der Waals surface area contributed by atoms with Gasteiger partial charge in [0.25, 0.3) is 0 Å². The molecule has 0 aliphatic heterocycles. The van der Waals surface area contributed by atoms with Gasteiger partial charge in [0.05, 0.1) is 12.4 Å². The quantitative estimate of drug-likeness (QED) is 0.749. The third-order valence-corrected chi connectivity index (χ3v) is 2.06. The zero-order chi connectivity index (χ0) is 10.9. The minimum Gasteiger partial charge on any atom is -0.443 e. The van der Waals surface area contributed by atoms with Gasteiger partial charge in [-0.05, 0) is 0 Å². The SMILES string of the molecule is CC(C)(C)c1cnc(Cn2ccnn2)o1. The van der Waals surface area contributed by atoms with Gasteiger partial charge in [0.1, 0.15) is 12.3 Å². The van der Waals surface area contributed by atoms with Crippen molar-refractivity contribution >= 4 is 0 Å². The second-order valence-corrected chi connectivity index (χ2v) is 4.47. The van der Waals surface area contributed by atoms with Gasteiger partial charge in [0.2, 0.25) is 5.89 Å². The van der Waals surface area contributed by atoms with Crippen LogP contribution in [0.2, 0.25) is 0 Å². The van der Waals surface area contributed by atoms with Crippen LogP contribution in [0.5, 0.6) is 0 Å². The summed E-state index contributed by atoms with van der Waals surface area (Å²) >= 11 is 0. The van der Waals surface area contributed by atoms with Crippen LogP contribution < -0.4 is 0 Å². The Bertz CT molecular complexity index is 424. The van der Waals surface area contributed by atoms with Gasteiger partial charge in [-0.15, -0.1) is 5.10 Å². The molecule has 0 aromatic carbocycles. The summed E-state index contributed by atoms with van der Waals surface area (Å²) in [5.74, 6) is 1.54. The van der Waals surface area contributed by atoms with Gasteiger partial charge in [0, 0.05) is 11.6 Å². The molecular formula is C10H14N4O. The van der Waals surface area contributed by atoms with E-state index in [0.717, 1.165) is 5.76 Å². The molecule has 2 rings (SSSR count). The second-order valence-electron chi connectivity index (χ2n) is 4.47. The summed E-state index contributed by atoms with van der Waals surface area (Å²) in [6.07, 6.45) is 5.18. The van der Waals surface area contributed by atoms with Gasteiger partial charge < -0.3 is 4.42 Å². The highest BCUT2D eigenvalue weighted by Gasteiger charge is 2.19. The van der Waals surface area contributed by atoms with Crippen molar-refractivity contribution in [1.82, 2.24) is 20.0 Å². The molecule has 5 nitrogen and oxygen atoms in total. The summed E-state index contributed by atoms with van der Waals surface area (Å²) in [6.45, 7) is 6.79. The maximum absolute atomic E-state index is 5.62. The predicted octanol–water partition coefficient (Wildman–Crippen LogP) is 1.61. The Morgan fingerprint density at radius 3 is 2.73 bits per heavy atom. The average molecular weight is 206 g/mol. The molecule has 0 atom stereocenters. The predicted molar refractivity (Wildman–Crippen MR) is 54.3 cm³/mol. The van der Waals surface area contributed by atoms with E-state index in [2.05, 4.69) is 36.1 Å². The van der Waals surface area contributed by atoms with E-state index in [1.165, 1.54) is 0 Å². The fourth-order valence-corrected chi connectivity index (χ4v) is 1.19. The highest BCUT2D eigenvalue weighted by molar-refractivity contribution is 5.05. The van der Waals surface area contributed by atoms with Crippen LogP contribution in [-0.4, -0.2) is 20.0 Å². The summed E-state index contributed by atoms with van der Waals surface area (Å²) in [7, 11) is 0. The number of hydrogen-bond donors (Lipinski definition) is 0. The number of nitrogens with zero attached hydrogens (tertiary/aromatic N) is 4. The van der Waals surface area contributed by atoms with Crippen molar-refractivity contribution in [3.8, 4) is 0 Å². The number of aromatic nitrogens is 4. The minimum atomic E-state index is -0.00633. The Morgan fingerprint density at radius 1 is 1.40 bits per heavy atom. The summed E-state index contributed by atoms with van der Waals surface area (Å²) in [5.41, 5.74) is -0.00633. The highest BCUT2D eigenvalue weighted by atomic mass is 16.4. The first kappa shape index (κ1) is 9.89. The summed E-state index contributed by atoms with van der Waals surface area (Å²) < 4.78 is 7.30. The van der Waals surface area contributed by atoms with Crippen molar-refractivity contribution in [2.24, 2.45) is 0 Å². The fourth-order valence-electron chi connectivity index (χ4n) is 1.19. The van der Waals surface area contributed by atoms with Crippen molar-refractivity contribution < 1.29 is 4.42 Å². The van der Waals surface area contributed by atoms with Crippen molar-refractivity contribution in [2.75, 3.05) is 0 Å². The molecule has 0 fully saturated rings. The van der Waals surface area contributed by atoms with Crippen LogP contribution in [0, 0.1) is 0 Å². The van der Waals surface area contributed by atoms with Crippen molar-refractivity contribution in [3.05, 3.63) is 30.2 Å². The summed E-state index contributed by atoms with van der Waals surface area (Å²) in [5, 5.41) is 7.57. The number of hydrogen-bond acceptors (Lipinski definition) is 4. The first-order valence-electron chi connectivity index (χ1n) is 4.85. The molecule has 0 amide bonds. The Morgan fingerprint density at radius 2 is 2.20 bits per heavy atom. The molecule has 0 aliphatic rings. The van der Waals surface area contributed by atoms with Crippen LogP contribution >= 0.6 is 0 Å². The topological polar surface area (TPSA) is 56.7 Å². The Hall–Kier alpha value is -1.65. The van der Waals surface area contributed by atoms with E-state index >= 15 is 0 Å². The van der Waals surface area contributed by atoms with E-state index in [-0.39, 0.29) is 5.41 Å². The maximum atomic E-state index is 5.62. The van der Waals surface area contributed by atoms with Crippen LogP contribution in [0.3, 0.4) is 0 Å². The molecule has 5 heteroatoms. The lowest BCUT2D eigenvalue weighted by Gasteiger charge is -2.12. The molecule has 0 saturated heterocycles. The van der Waals surface area contributed by atoms with Gasteiger partial charge in [-0.25, -0.2) is 9.67 Å². The zero-order valence-corrected chi connectivity index (χ0v) is 9.14. The molecular weight excluding hydrogens is 192 g/mol. The molecule has 0 radical (unpaired) electrons. The van der Waals surface area contributed by atoms with Crippen molar-refractivity contribution in [3.63, 3.8) is 0 Å². The first-order valence-corrected chi connectivity index (χ1v) is 4.85. The minimum absolute atomic E-state index is 0.00633. The third-order valence-electron chi connectivity index (χ3n) is 2.06. The van der Waals surface area contributed by atoms with E-state index in [1.807, 2.05) is 0 Å². The molecule has 0 saturated carbocycles. The van der Waals surface area contributed by atoms with Gasteiger partial charge in [-0.3, -0.25) is 0 Å². The van der Waals surface area contributed by atoms with Gasteiger partial charge in [0.15, 0.2) is 0 Å². The van der Waals surface area contributed by atoms with E-state index < -0.39 is 0 Å².